The Morgan fingerprint density at radius 2 is 1.94 bits per heavy atom. The highest BCUT2D eigenvalue weighted by molar-refractivity contribution is 5.94. The Morgan fingerprint density at radius 3 is 2.44 bits per heavy atom. The minimum absolute atomic E-state index is 0.297. The molecule has 0 bridgehead atoms. The van der Waals surface area contributed by atoms with Crippen LogP contribution in [-0.4, -0.2) is 23.7 Å². The van der Waals surface area contributed by atoms with Gasteiger partial charge in [0.25, 0.3) is 5.78 Å². The quantitative estimate of drug-likeness (QED) is 0.795. The second-order valence-electron chi connectivity index (χ2n) is 3.51. The van der Waals surface area contributed by atoms with E-state index in [2.05, 4.69) is 5.32 Å². The van der Waals surface area contributed by atoms with Crippen LogP contribution >= 0.6 is 0 Å². The highest BCUT2D eigenvalue weighted by Crippen LogP contribution is 2.16. The van der Waals surface area contributed by atoms with Crippen LogP contribution in [0, 0.1) is 0 Å². The fourth-order valence-corrected chi connectivity index (χ4v) is 1.27. The Bertz CT molecular complexity index is 415. The highest BCUT2D eigenvalue weighted by atomic mass is 19.4. The van der Waals surface area contributed by atoms with Crippen molar-refractivity contribution in [3.8, 4) is 0 Å². The van der Waals surface area contributed by atoms with E-state index in [1.165, 1.54) is 0 Å². The summed E-state index contributed by atoms with van der Waals surface area (Å²) in [5, 5.41) is 11.6. The summed E-state index contributed by atoms with van der Waals surface area (Å²) in [6, 6.07) is 8.14. The number of allylic oxidation sites excluding steroid dienone is 1. The zero-order valence-electron chi connectivity index (χ0n) is 9.32. The molecule has 6 heteroatoms. The number of hydrogen-bond acceptors (Lipinski definition) is 3. The number of aliphatic hydroxyl groups is 1. The Hall–Kier alpha value is -1.82. The lowest BCUT2D eigenvalue weighted by atomic mass is 10.1. The molecule has 0 spiro atoms. The van der Waals surface area contributed by atoms with Gasteiger partial charge in [0.15, 0.2) is 0 Å². The van der Waals surface area contributed by atoms with Crippen LogP contribution in [0.15, 0.2) is 42.6 Å². The average Bonchev–Trinajstić information content (AvgIpc) is 2.34. The zero-order valence-corrected chi connectivity index (χ0v) is 9.32. The first-order chi connectivity index (χ1) is 8.45. The van der Waals surface area contributed by atoms with Crippen LogP contribution in [0.5, 0.6) is 0 Å². The van der Waals surface area contributed by atoms with Crippen molar-refractivity contribution < 1.29 is 23.1 Å². The van der Waals surface area contributed by atoms with Gasteiger partial charge in [0, 0.05) is 12.3 Å². The van der Waals surface area contributed by atoms with Crippen LogP contribution in [-0.2, 0) is 4.79 Å². The van der Waals surface area contributed by atoms with Gasteiger partial charge in [-0.3, -0.25) is 4.79 Å². The summed E-state index contributed by atoms with van der Waals surface area (Å²) in [5.41, 5.74) is 0.712. The monoisotopic (exact) mass is 259 g/mol. The molecule has 0 saturated carbocycles. The van der Waals surface area contributed by atoms with E-state index >= 15 is 0 Å². The van der Waals surface area contributed by atoms with Gasteiger partial charge in [-0.15, -0.1) is 0 Å². The Labute approximate surface area is 102 Å². The Kier molecular flexibility index (Phi) is 4.91. The molecule has 2 N–H and O–H groups in total. The number of carbonyl (C=O) groups excluding carboxylic acids is 1. The molecule has 0 radical (unpaired) electrons. The smallest absolute Gasteiger partial charge is 0.394 e. The average molecular weight is 259 g/mol. The van der Waals surface area contributed by atoms with E-state index in [0.717, 1.165) is 6.20 Å². The summed E-state index contributed by atoms with van der Waals surface area (Å²) in [5.74, 6) is -1.94. The molecule has 0 unspecified atom stereocenters. The van der Waals surface area contributed by atoms with Crippen molar-refractivity contribution in [1.82, 2.24) is 5.32 Å². The molecular weight excluding hydrogens is 247 g/mol. The largest absolute Gasteiger partial charge is 0.454 e. The summed E-state index contributed by atoms with van der Waals surface area (Å²) in [6.45, 7) is -0.297. The number of nitrogens with one attached hydrogen (secondary N) is 1. The lowest BCUT2D eigenvalue weighted by Crippen LogP contribution is -2.23. The number of alkyl halides is 3. The summed E-state index contributed by atoms with van der Waals surface area (Å²) in [4.78, 5) is 10.6. The van der Waals surface area contributed by atoms with E-state index in [9.17, 15) is 18.0 Å². The van der Waals surface area contributed by atoms with Crippen LogP contribution in [0.3, 0.4) is 0 Å². The summed E-state index contributed by atoms with van der Waals surface area (Å²) in [6.07, 6.45) is -3.59. The normalized spacial score (nSPS) is 13.6. The summed E-state index contributed by atoms with van der Waals surface area (Å²) < 4.78 is 35.7. The molecule has 0 aliphatic heterocycles. The minimum Gasteiger partial charge on any atom is -0.394 e. The molecule has 0 aliphatic carbocycles. The number of hydrogen-bond donors (Lipinski definition) is 2. The van der Waals surface area contributed by atoms with Crippen molar-refractivity contribution >= 4 is 5.78 Å². The third-order valence-electron chi connectivity index (χ3n) is 2.20. The van der Waals surface area contributed by atoms with E-state index in [1.54, 1.807) is 30.3 Å². The number of ketones is 1. The Balaban J connectivity index is 2.61. The molecule has 0 fully saturated rings. The molecular formula is C12H12F3NO2. The van der Waals surface area contributed by atoms with Gasteiger partial charge < -0.3 is 10.4 Å². The maximum atomic E-state index is 11.9. The van der Waals surface area contributed by atoms with Gasteiger partial charge in [0.2, 0.25) is 0 Å². The van der Waals surface area contributed by atoms with E-state index in [-0.39, 0.29) is 6.61 Å². The van der Waals surface area contributed by atoms with Gasteiger partial charge >= 0.3 is 6.18 Å². The van der Waals surface area contributed by atoms with Crippen LogP contribution in [0.25, 0.3) is 0 Å². The first-order valence-corrected chi connectivity index (χ1v) is 5.14. The van der Waals surface area contributed by atoms with Gasteiger partial charge in [-0.05, 0) is 5.56 Å². The van der Waals surface area contributed by atoms with Crippen molar-refractivity contribution in [1.29, 1.82) is 0 Å². The zero-order chi connectivity index (χ0) is 13.6. The van der Waals surface area contributed by atoms with Crippen LogP contribution in [0.2, 0.25) is 0 Å². The fraction of sp³-hybridized carbons (Fsp3) is 0.250. The molecule has 0 aliphatic rings. The SMILES string of the molecule is O=C(/C=C/N[C@H](CO)c1ccccc1)C(F)(F)F. The number of rotatable bonds is 5. The first kappa shape index (κ1) is 14.2. The van der Waals surface area contributed by atoms with Gasteiger partial charge in [0.1, 0.15) is 0 Å². The van der Waals surface area contributed by atoms with Crippen molar-refractivity contribution in [3.63, 3.8) is 0 Å². The topological polar surface area (TPSA) is 49.3 Å². The second kappa shape index (κ2) is 6.20. The van der Waals surface area contributed by atoms with E-state index in [0.29, 0.717) is 11.6 Å². The van der Waals surface area contributed by atoms with Crippen molar-refractivity contribution in [2.45, 2.75) is 12.2 Å². The molecule has 0 aromatic heterocycles. The minimum atomic E-state index is -4.88. The van der Waals surface area contributed by atoms with Crippen molar-refractivity contribution in [3.05, 3.63) is 48.2 Å². The van der Waals surface area contributed by atoms with Crippen molar-refractivity contribution in [2.24, 2.45) is 0 Å². The number of benzene rings is 1. The second-order valence-corrected chi connectivity index (χ2v) is 3.51. The van der Waals surface area contributed by atoms with Gasteiger partial charge in [0.05, 0.1) is 12.6 Å². The van der Waals surface area contributed by atoms with Gasteiger partial charge in [-0.1, -0.05) is 30.3 Å². The molecule has 0 amide bonds. The maximum absolute atomic E-state index is 11.9. The standard InChI is InChI=1S/C12H12F3NO2/c13-12(14,15)11(18)6-7-16-10(8-17)9-4-2-1-3-5-9/h1-7,10,16-17H,8H2/b7-6+/t10-/m1/s1. The highest BCUT2D eigenvalue weighted by Gasteiger charge is 2.36. The summed E-state index contributed by atoms with van der Waals surface area (Å²) in [7, 11) is 0. The fourth-order valence-electron chi connectivity index (χ4n) is 1.27. The third kappa shape index (κ3) is 4.21. The lowest BCUT2D eigenvalue weighted by Gasteiger charge is -2.14. The molecule has 98 valence electrons. The van der Waals surface area contributed by atoms with Crippen molar-refractivity contribution in [2.75, 3.05) is 6.61 Å². The molecule has 1 atom stereocenters. The maximum Gasteiger partial charge on any atom is 0.454 e. The molecule has 18 heavy (non-hydrogen) atoms. The predicted molar refractivity (Wildman–Crippen MR) is 59.6 cm³/mol. The molecule has 1 rings (SSSR count). The predicted octanol–water partition coefficient (Wildman–Crippen LogP) is 1.95. The molecule has 1 aromatic rings. The number of carbonyl (C=O) groups is 1. The van der Waals surface area contributed by atoms with Crippen LogP contribution < -0.4 is 5.32 Å². The number of aliphatic hydroxyl groups excluding tert-OH is 1. The third-order valence-corrected chi connectivity index (χ3v) is 2.20. The van der Waals surface area contributed by atoms with E-state index < -0.39 is 18.0 Å². The van der Waals surface area contributed by atoms with Crippen LogP contribution in [0.1, 0.15) is 11.6 Å². The molecule has 0 saturated heterocycles. The lowest BCUT2D eigenvalue weighted by molar-refractivity contribution is -0.165. The molecule has 0 heterocycles. The molecule has 1 aromatic carbocycles. The molecule has 3 nitrogen and oxygen atoms in total. The van der Waals surface area contributed by atoms with Gasteiger partial charge in [-0.2, -0.15) is 13.2 Å². The first-order valence-electron chi connectivity index (χ1n) is 5.14. The van der Waals surface area contributed by atoms with Gasteiger partial charge in [-0.25, -0.2) is 0 Å². The Morgan fingerprint density at radius 1 is 1.33 bits per heavy atom. The van der Waals surface area contributed by atoms with E-state index in [1.807, 2.05) is 0 Å². The van der Waals surface area contributed by atoms with Crippen LogP contribution in [0.4, 0.5) is 13.2 Å². The number of halogens is 3. The van der Waals surface area contributed by atoms with E-state index in [4.69, 9.17) is 5.11 Å². The summed E-state index contributed by atoms with van der Waals surface area (Å²) >= 11 is 0.